The highest BCUT2D eigenvalue weighted by Gasteiger charge is 2.06. The van der Waals surface area contributed by atoms with E-state index >= 15 is 0 Å². The van der Waals surface area contributed by atoms with Crippen LogP contribution in [0.4, 0.5) is 5.82 Å². The van der Waals surface area contributed by atoms with Crippen LogP contribution < -0.4 is 15.4 Å². The van der Waals surface area contributed by atoms with Crippen molar-refractivity contribution in [2.24, 2.45) is 10.9 Å². The number of amidine groups is 1. The van der Waals surface area contributed by atoms with E-state index in [4.69, 9.17) is 15.7 Å². The van der Waals surface area contributed by atoms with E-state index in [1.807, 2.05) is 24.0 Å². The molecule has 6 heteroatoms. The smallest absolute Gasteiger partial charge is 0.140 e. The SMILES string of the molecule is CCN(CC/C(N)=N/O)c1ccc(OC)cn1. The molecule has 1 rings (SSSR count). The van der Waals surface area contributed by atoms with Crippen LogP contribution in [0.5, 0.6) is 5.75 Å². The topological polar surface area (TPSA) is 84.0 Å². The maximum Gasteiger partial charge on any atom is 0.140 e. The van der Waals surface area contributed by atoms with Crippen LogP contribution in [0.1, 0.15) is 13.3 Å². The fraction of sp³-hybridized carbons (Fsp3) is 0.455. The molecule has 0 unspecified atom stereocenters. The molecule has 3 N–H and O–H groups in total. The number of pyridine rings is 1. The summed E-state index contributed by atoms with van der Waals surface area (Å²) < 4.78 is 5.04. The molecule has 1 heterocycles. The molecular formula is C11H18N4O2. The van der Waals surface area contributed by atoms with Crippen molar-refractivity contribution in [2.75, 3.05) is 25.1 Å². The Kier molecular flexibility index (Phi) is 5.06. The lowest BCUT2D eigenvalue weighted by Gasteiger charge is -2.21. The highest BCUT2D eigenvalue weighted by Crippen LogP contribution is 2.15. The van der Waals surface area contributed by atoms with Crippen LogP contribution in [-0.2, 0) is 0 Å². The Morgan fingerprint density at radius 1 is 1.59 bits per heavy atom. The molecule has 0 aliphatic rings. The molecule has 0 radical (unpaired) electrons. The monoisotopic (exact) mass is 238 g/mol. The van der Waals surface area contributed by atoms with Gasteiger partial charge in [-0.05, 0) is 19.1 Å². The molecule has 0 saturated carbocycles. The first kappa shape index (κ1) is 13.1. The summed E-state index contributed by atoms with van der Waals surface area (Å²) in [6, 6.07) is 3.74. The number of ether oxygens (including phenoxy) is 1. The van der Waals surface area contributed by atoms with Crippen molar-refractivity contribution in [3.05, 3.63) is 18.3 Å². The molecule has 0 aromatic carbocycles. The minimum atomic E-state index is 0.219. The highest BCUT2D eigenvalue weighted by atomic mass is 16.5. The first-order valence-electron chi connectivity index (χ1n) is 5.42. The lowest BCUT2D eigenvalue weighted by molar-refractivity contribution is 0.317. The van der Waals surface area contributed by atoms with Crippen LogP contribution in [0.3, 0.4) is 0 Å². The Bertz CT molecular complexity index is 364. The minimum Gasteiger partial charge on any atom is -0.495 e. The van der Waals surface area contributed by atoms with Crippen LogP contribution in [-0.4, -0.2) is 36.2 Å². The van der Waals surface area contributed by atoms with Gasteiger partial charge in [0.15, 0.2) is 0 Å². The standard InChI is InChI=1S/C11H18N4O2/c1-3-15(7-6-10(12)14-16)11-5-4-9(17-2)8-13-11/h4-5,8,16H,3,6-7H2,1-2H3,(H2,12,14). The van der Waals surface area contributed by atoms with Gasteiger partial charge in [0.25, 0.3) is 0 Å². The average Bonchev–Trinajstić information content (AvgIpc) is 2.39. The molecule has 0 aliphatic carbocycles. The molecule has 0 aliphatic heterocycles. The number of rotatable bonds is 6. The van der Waals surface area contributed by atoms with Crippen molar-refractivity contribution in [3.63, 3.8) is 0 Å². The van der Waals surface area contributed by atoms with Gasteiger partial charge in [-0.3, -0.25) is 0 Å². The fourth-order valence-corrected chi connectivity index (χ4v) is 1.41. The van der Waals surface area contributed by atoms with Gasteiger partial charge in [-0.2, -0.15) is 0 Å². The number of hydrogen-bond donors (Lipinski definition) is 2. The van der Waals surface area contributed by atoms with Crippen molar-refractivity contribution in [1.29, 1.82) is 0 Å². The molecule has 94 valence electrons. The van der Waals surface area contributed by atoms with E-state index < -0.39 is 0 Å². The third kappa shape index (κ3) is 3.82. The molecule has 0 atom stereocenters. The second-order valence-corrected chi connectivity index (χ2v) is 3.48. The van der Waals surface area contributed by atoms with Gasteiger partial charge in [0, 0.05) is 19.5 Å². The van der Waals surface area contributed by atoms with Crippen LogP contribution in [0.2, 0.25) is 0 Å². The van der Waals surface area contributed by atoms with Crippen LogP contribution in [0.25, 0.3) is 0 Å². The molecule has 0 bridgehead atoms. The van der Waals surface area contributed by atoms with E-state index in [9.17, 15) is 0 Å². The lowest BCUT2D eigenvalue weighted by atomic mass is 10.3. The van der Waals surface area contributed by atoms with E-state index in [1.165, 1.54) is 0 Å². The van der Waals surface area contributed by atoms with Crippen molar-refractivity contribution >= 4 is 11.7 Å². The molecule has 17 heavy (non-hydrogen) atoms. The summed E-state index contributed by atoms with van der Waals surface area (Å²) in [6.45, 7) is 3.49. The van der Waals surface area contributed by atoms with E-state index in [0.717, 1.165) is 18.1 Å². The summed E-state index contributed by atoms with van der Waals surface area (Å²) in [5.41, 5.74) is 5.43. The molecule has 6 nitrogen and oxygen atoms in total. The van der Waals surface area contributed by atoms with Crippen LogP contribution in [0.15, 0.2) is 23.5 Å². The van der Waals surface area contributed by atoms with Crippen molar-refractivity contribution in [1.82, 2.24) is 4.98 Å². The Morgan fingerprint density at radius 2 is 2.35 bits per heavy atom. The first-order chi connectivity index (χ1) is 8.21. The lowest BCUT2D eigenvalue weighted by Crippen LogP contribution is -2.28. The summed E-state index contributed by atoms with van der Waals surface area (Å²) in [5.74, 6) is 1.79. The second-order valence-electron chi connectivity index (χ2n) is 3.48. The number of aromatic nitrogens is 1. The van der Waals surface area contributed by atoms with Crippen LogP contribution >= 0.6 is 0 Å². The van der Waals surface area contributed by atoms with Gasteiger partial charge in [-0.1, -0.05) is 5.16 Å². The zero-order chi connectivity index (χ0) is 12.7. The molecule has 0 spiro atoms. The molecule has 1 aromatic rings. The zero-order valence-corrected chi connectivity index (χ0v) is 10.1. The Morgan fingerprint density at radius 3 is 2.82 bits per heavy atom. The average molecular weight is 238 g/mol. The van der Waals surface area contributed by atoms with Gasteiger partial charge in [0.2, 0.25) is 0 Å². The fourth-order valence-electron chi connectivity index (χ4n) is 1.41. The number of hydrogen-bond acceptors (Lipinski definition) is 5. The number of anilines is 1. The number of nitrogens with two attached hydrogens (primary N) is 1. The summed E-state index contributed by atoms with van der Waals surface area (Å²) >= 11 is 0. The summed E-state index contributed by atoms with van der Waals surface area (Å²) in [5, 5.41) is 11.4. The third-order valence-electron chi connectivity index (χ3n) is 2.43. The highest BCUT2D eigenvalue weighted by molar-refractivity contribution is 5.80. The maximum atomic E-state index is 8.47. The summed E-state index contributed by atoms with van der Waals surface area (Å²) in [6.07, 6.45) is 2.17. The Hall–Kier alpha value is -1.98. The van der Waals surface area contributed by atoms with E-state index in [0.29, 0.717) is 13.0 Å². The number of nitrogens with zero attached hydrogens (tertiary/aromatic N) is 3. The molecule has 0 saturated heterocycles. The summed E-state index contributed by atoms with van der Waals surface area (Å²) in [4.78, 5) is 6.32. The predicted molar refractivity (Wildman–Crippen MR) is 66.7 cm³/mol. The molecular weight excluding hydrogens is 220 g/mol. The van der Waals surface area contributed by atoms with Crippen LogP contribution in [0, 0.1) is 0 Å². The van der Waals surface area contributed by atoms with Gasteiger partial charge in [-0.15, -0.1) is 0 Å². The normalized spacial score (nSPS) is 11.3. The van der Waals surface area contributed by atoms with E-state index in [-0.39, 0.29) is 5.84 Å². The Balaban J connectivity index is 2.65. The number of methoxy groups -OCH3 is 1. The Labute approximate surface area is 101 Å². The predicted octanol–water partition coefficient (Wildman–Crippen LogP) is 1.05. The minimum absolute atomic E-state index is 0.219. The van der Waals surface area contributed by atoms with E-state index in [1.54, 1.807) is 13.3 Å². The van der Waals surface area contributed by atoms with Gasteiger partial charge in [0.1, 0.15) is 17.4 Å². The van der Waals surface area contributed by atoms with E-state index in [2.05, 4.69) is 10.1 Å². The third-order valence-corrected chi connectivity index (χ3v) is 2.43. The molecule has 0 fully saturated rings. The molecule has 0 amide bonds. The number of oxime groups is 1. The zero-order valence-electron chi connectivity index (χ0n) is 10.1. The van der Waals surface area contributed by atoms with Gasteiger partial charge >= 0.3 is 0 Å². The maximum absolute atomic E-state index is 8.47. The summed E-state index contributed by atoms with van der Waals surface area (Å²) in [7, 11) is 1.60. The molecule has 1 aromatic heterocycles. The second kappa shape index (κ2) is 6.57. The quantitative estimate of drug-likeness (QED) is 0.335. The van der Waals surface area contributed by atoms with Crippen molar-refractivity contribution in [2.45, 2.75) is 13.3 Å². The van der Waals surface area contributed by atoms with Crippen molar-refractivity contribution < 1.29 is 9.94 Å². The largest absolute Gasteiger partial charge is 0.495 e. The van der Waals surface area contributed by atoms with Gasteiger partial charge in [0.05, 0.1) is 13.3 Å². The van der Waals surface area contributed by atoms with Gasteiger partial charge < -0.3 is 20.6 Å². The first-order valence-corrected chi connectivity index (χ1v) is 5.42. The van der Waals surface area contributed by atoms with Gasteiger partial charge in [-0.25, -0.2) is 4.98 Å². The van der Waals surface area contributed by atoms with Crippen molar-refractivity contribution in [3.8, 4) is 5.75 Å².